The summed E-state index contributed by atoms with van der Waals surface area (Å²) in [6.45, 7) is 5.39. The van der Waals surface area contributed by atoms with Crippen LogP contribution < -0.4 is 14.9 Å². The Morgan fingerprint density at radius 2 is 1.95 bits per heavy atom. The Kier molecular flexibility index (Phi) is 7.07. The van der Waals surface area contributed by atoms with Crippen molar-refractivity contribution in [2.45, 2.75) is 26.8 Å². The van der Waals surface area contributed by atoms with E-state index in [2.05, 4.69) is 4.99 Å². The van der Waals surface area contributed by atoms with Gasteiger partial charge in [0.05, 0.1) is 33.4 Å². The first-order chi connectivity index (χ1) is 18.7. The van der Waals surface area contributed by atoms with E-state index in [4.69, 9.17) is 20.8 Å². The fourth-order valence-corrected chi connectivity index (χ4v) is 5.65. The molecule has 1 aliphatic heterocycles. The molecule has 0 amide bonds. The van der Waals surface area contributed by atoms with Crippen molar-refractivity contribution >= 4 is 40.7 Å². The Hall–Kier alpha value is -4.28. The highest BCUT2D eigenvalue weighted by Crippen LogP contribution is 2.32. The molecule has 0 saturated heterocycles. The zero-order valence-electron chi connectivity index (χ0n) is 21.1. The van der Waals surface area contributed by atoms with E-state index in [9.17, 15) is 19.7 Å². The Morgan fingerprint density at radius 1 is 1.21 bits per heavy atom. The molecule has 1 aliphatic rings. The van der Waals surface area contributed by atoms with Crippen molar-refractivity contribution in [2.75, 3.05) is 6.61 Å². The quantitative estimate of drug-likeness (QED) is 0.186. The highest BCUT2D eigenvalue weighted by atomic mass is 35.5. The largest absolute Gasteiger partial charge is 0.463 e. The summed E-state index contributed by atoms with van der Waals surface area (Å²) in [4.78, 5) is 42.3. The van der Waals surface area contributed by atoms with Gasteiger partial charge in [-0.25, -0.2) is 9.79 Å². The fourth-order valence-electron chi connectivity index (χ4n) is 4.49. The number of carbonyl (C=O) groups excluding carboxylic acids is 1. The lowest BCUT2D eigenvalue weighted by Gasteiger charge is -2.24. The van der Waals surface area contributed by atoms with Crippen molar-refractivity contribution in [3.8, 4) is 11.3 Å². The van der Waals surface area contributed by atoms with Crippen LogP contribution in [-0.2, 0) is 9.53 Å². The number of halogens is 1. The van der Waals surface area contributed by atoms with Crippen LogP contribution in [0.1, 0.15) is 36.8 Å². The maximum atomic E-state index is 13.7. The van der Waals surface area contributed by atoms with Gasteiger partial charge in [-0.05, 0) is 62.2 Å². The highest BCUT2D eigenvalue weighted by molar-refractivity contribution is 7.07. The van der Waals surface area contributed by atoms with Crippen molar-refractivity contribution in [3.05, 3.63) is 118 Å². The zero-order chi connectivity index (χ0) is 27.8. The van der Waals surface area contributed by atoms with Crippen LogP contribution >= 0.6 is 22.9 Å². The summed E-state index contributed by atoms with van der Waals surface area (Å²) >= 11 is 7.28. The molecule has 2 aromatic heterocycles. The summed E-state index contributed by atoms with van der Waals surface area (Å²) in [6, 6.07) is 14.2. The van der Waals surface area contributed by atoms with Gasteiger partial charge >= 0.3 is 5.97 Å². The van der Waals surface area contributed by atoms with Crippen LogP contribution in [0.25, 0.3) is 17.4 Å². The Labute approximate surface area is 231 Å². The van der Waals surface area contributed by atoms with Crippen LogP contribution in [-0.4, -0.2) is 22.1 Å². The topological polar surface area (TPSA) is 117 Å². The summed E-state index contributed by atoms with van der Waals surface area (Å²) in [5.74, 6) is 0.403. The number of hydrogen-bond acceptors (Lipinski definition) is 8. The molecular weight excluding hydrogens is 542 g/mol. The molecule has 0 saturated carbocycles. The maximum absolute atomic E-state index is 13.7. The second-order valence-electron chi connectivity index (χ2n) is 8.81. The number of rotatable bonds is 6. The predicted octanol–water partition coefficient (Wildman–Crippen LogP) is 4.93. The molecule has 2 aromatic carbocycles. The third kappa shape index (κ3) is 4.96. The number of aryl methyl sites for hydroxylation is 1. The van der Waals surface area contributed by atoms with E-state index in [0.717, 1.165) is 0 Å². The number of ether oxygens (including phenoxy) is 1. The molecule has 39 heavy (non-hydrogen) atoms. The average Bonchev–Trinajstić information content (AvgIpc) is 3.48. The number of allylic oxidation sites excluding steroid dienone is 1. The number of non-ortho nitro benzene ring substituents is 1. The molecule has 0 unspecified atom stereocenters. The number of fused-ring (bicyclic) bond motifs is 1. The van der Waals surface area contributed by atoms with E-state index in [1.165, 1.54) is 28.0 Å². The van der Waals surface area contributed by atoms with Gasteiger partial charge in [0.2, 0.25) is 0 Å². The summed E-state index contributed by atoms with van der Waals surface area (Å²) in [5, 5.41) is 11.6. The van der Waals surface area contributed by atoms with E-state index < -0.39 is 16.9 Å². The van der Waals surface area contributed by atoms with E-state index in [1.54, 1.807) is 69.3 Å². The summed E-state index contributed by atoms with van der Waals surface area (Å²) in [7, 11) is 0. The van der Waals surface area contributed by atoms with Crippen LogP contribution in [0.2, 0.25) is 5.02 Å². The Morgan fingerprint density at radius 3 is 2.62 bits per heavy atom. The van der Waals surface area contributed by atoms with E-state index in [-0.39, 0.29) is 23.4 Å². The van der Waals surface area contributed by atoms with Gasteiger partial charge in [0, 0.05) is 28.8 Å². The second kappa shape index (κ2) is 10.5. The Balaban J connectivity index is 1.60. The first kappa shape index (κ1) is 26.3. The van der Waals surface area contributed by atoms with Gasteiger partial charge in [0.1, 0.15) is 11.5 Å². The van der Waals surface area contributed by atoms with Crippen LogP contribution in [0.5, 0.6) is 0 Å². The molecule has 0 spiro atoms. The van der Waals surface area contributed by atoms with Gasteiger partial charge in [-0.15, -0.1) is 0 Å². The molecule has 11 heteroatoms. The average molecular weight is 564 g/mol. The first-order valence-corrected chi connectivity index (χ1v) is 13.2. The van der Waals surface area contributed by atoms with Gasteiger partial charge < -0.3 is 9.15 Å². The van der Waals surface area contributed by atoms with Gasteiger partial charge in [-0.2, -0.15) is 0 Å². The molecule has 0 aliphatic carbocycles. The molecule has 1 atom stereocenters. The fraction of sp³-hybridized carbons (Fsp3) is 0.179. The second-order valence-corrected chi connectivity index (χ2v) is 10.3. The molecule has 4 aromatic rings. The van der Waals surface area contributed by atoms with Crippen molar-refractivity contribution < 1.29 is 18.9 Å². The molecule has 9 nitrogen and oxygen atoms in total. The molecule has 5 rings (SSSR count). The third-order valence-electron chi connectivity index (χ3n) is 6.29. The third-order valence-corrected chi connectivity index (χ3v) is 7.52. The SMILES string of the molecule is CCOC(=O)C1=C(C)N=c2s/c(=C/c3ccc(-c4ccc([N+](=O)[O-])cc4C)o3)c(=O)n2[C@@H]1c1ccc(Cl)cc1. The number of carbonyl (C=O) groups is 1. The molecule has 0 bridgehead atoms. The van der Waals surface area contributed by atoms with Gasteiger partial charge in [-0.3, -0.25) is 19.5 Å². The van der Waals surface area contributed by atoms with Crippen molar-refractivity contribution in [3.63, 3.8) is 0 Å². The van der Waals surface area contributed by atoms with E-state index in [1.807, 2.05) is 0 Å². The number of thiazole rings is 1. The van der Waals surface area contributed by atoms with Gasteiger partial charge in [-0.1, -0.05) is 35.1 Å². The lowest BCUT2D eigenvalue weighted by atomic mass is 9.96. The smallest absolute Gasteiger partial charge is 0.338 e. The molecule has 198 valence electrons. The zero-order valence-corrected chi connectivity index (χ0v) is 22.7. The van der Waals surface area contributed by atoms with Crippen molar-refractivity contribution in [2.24, 2.45) is 4.99 Å². The normalized spacial score (nSPS) is 15.2. The minimum Gasteiger partial charge on any atom is -0.463 e. The number of esters is 1. The number of nitro groups is 1. The number of hydrogen-bond donors (Lipinski definition) is 0. The lowest BCUT2D eigenvalue weighted by molar-refractivity contribution is -0.384. The van der Waals surface area contributed by atoms with Crippen LogP contribution in [0, 0.1) is 17.0 Å². The van der Waals surface area contributed by atoms with Gasteiger partial charge in [0.15, 0.2) is 4.80 Å². The maximum Gasteiger partial charge on any atom is 0.338 e. The number of nitrogens with zero attached hydrogens (tertiary/aromatic N) is 3. The van der Waals surface area contributed by atoms with Crippen molar-refractivity contribution in [1.82, 2.24) is 4.57 Å². The number of aromatic nitrogens is 1. The standard InChI is InChI=1S/C28H22ClN3O6S/c1-4-37-27(34)24-16(3)30-28-31(25(24)17-5-7-18(29)8-6-17)26(33)23(39-28)14-20-10-12-22(38-20)21-11-9-19(32(35)36)13-15(21)2/h5-14,25H,4H2,1-3H3/b23-14+/t25-/m1/s1. The molecule has 0 radical (unpaired) electrons. The summed E-state index contributed by atoms with van der Waals surface area (Å²) in [6.07, 6.45) is 1.62. The minimum absolute atomic E-state index is 0.00291. The number of nitro benzene ring substituents is 1. The lowest BCUT2D eigenvalue weighted by Crippen LogP contribution is -2.39. The van der Waals surface area contributed by atoms with E-state index >= 15 is 0 Å². The summed E-state index contributed by atoms with van der Waals surface area (Å²) in [5.41, 5.74) is 2.50. The monoisotopic (exact) mass is 563 g/mol. The van der Waals surface area contributed by atoms with Crippen LogP contribution in [0.4, 0.5) is 5.69 Å². The first-order valence-electron chi connectivity index (χ1n) is 12.0. The molecule has 0 N–H and O–H groups in total. The van der Waals surface area contributed by atoms with Crippen LogP contribution in [0.15, 0.2) is 80.1 Å². The molecule has 0 fully saturated rings. The molecular formula is C28H22ClN3O6S. The van der Waals surface area contributed by atoms with Gasteiger partial charge in [0.25, 0.3) is 11.2 Å². The predicted molar refractivity (Wildman–Crippen MR) is 147 cm³/mol. The number of furan rings is 1. The van der Waals surface area contributed by atoms with E-state index in [0.29, 0.717) is 48.3 Å². The van der Waals surface area contributed by atoms with Crippen LogP contribution in [0.3, 0.4) is 0 Å². The highest BCUT2D eigenvalue weighted by Gasteiger charge is 2.33. The summed E-state index contributed by atoms with van der Waals surface area (Å²) < 4.78 is 13.1. The minimum atomic E-state index is -0.741. The Bertz CT molecular complexity index is 1830. The number of benzene rings is 2. The van der Waals surface area contributed by atoms with Crippen molar-refractivity contribution in [1.29, 1.82) is 0 Å². The molecule has 3 heterocycles.